The highest BCUT2D eigenvalue weighted by molar-refractivity contribution is 7.98. The molecule has 0 aliphatic rings. The van der Waals surface area contributed by atoms with Crippen LogP contribution in [0.3, 0.4) is 0 Å². The first-order valence-corrected chi connectivity index (χ1v) is 11.6. The van der Waals surface area contributed by atoms with Crippen LogP contribution in [0.1, 0.15) is 6.42 Å². The molecule has 0 aliphatic heterocycles. The van der Waals surface area contributed by atoms with Gasteiger partial charge in [-0.2, -0.15) is 0 Å². The molecule has 0 saturated carbocycles. The maximum atomic E-state index is 12.4. The quantitative estimate of drug-likeness (QED) is 0.387. The van der Waals surface area contributed by atoms with Gasteiger partial charge in [-0.05, 0) is 36.1 Å². The summed E-state index contributed by atoms with van der Waals surface area (Å²) in [6.07, 6.45) is 3.99. The largest absolute Gasteiger partial charge is 0.359 e. The van der Waals surface area contributed by atoms with E-state index in [2.05, 4.69) is 33.5 Å². The van der Waals surface area contributed by atoms with Gasteiger partial charge in [0.1, 0.15) is 17.0 Å². The number of amides is 1. The third-order valence-corrected chi connectivity index (χ3v) is 6.57. The minimum Gasteiger partial charge on any atom is -0.359 e. The Morgan fingerprint density at radius 2 is 1.93 bits per heavy atom. The Kier molecular flexibility index (Phi) is 6.30. The van der Waals surface area contributed by atoms with E-state index in [1.807, 2.05) is 60.7 Å². The van der Waals surface area contributed by atoms with Gasteiger partial charge in [-0.1, -0.05) is 36.4 Å². The summed E-state index contributed by atoms with van der Waals surface area (Å²) in [7, 11) is 1.96. The Balaban J connectivity index is 1.46. The Morgan fingerprint density at radius 3 is 2.73 bits per heavy atom. The summed E-state index contributed by atoms with van der Waals surface area (Å²) >= 11 is 3.31. The van der Waals surface area contributed by atoms with Crippen molar-refractivity contribution >= 4 is 50.7 Å². The first-order valence-electron chi connectivity index (χ1n) is 9.59. The number of thioether (sulfide) groups is 1. The van der Waals surface area contributed by atoms with Crippen molar-refractivity contribution < 1.29 is 4.79 Å². The lowest BCUT2D eigenvalue weighted by molar-refractivity contribution is -0.116. The number of hydrogen-bond acceptors (Lipinski definition) is 6. The van der Waals surface area contributed by atoms with Gasteiger partial charge in [0, 0.05) is 35.5 Å². The smallest absolute Gasteiger partial charge is 0.226 e. The Labute approximate surface area is 184 Å². The molecule has 0 saturated heterocycles. The molecule has 0 bridgehead atoms. The normalized spacial score (nSPS) is 10.9. The molecule has 0 fully saturated rings. The lowest BCUT2D eigenvalue weighted by Crippen LogP contribution is -2.24. The average molecular weight is 435 g/mol. The van der Waals surface area contributed by atoms with Gasteiger partial charge >= 0.3 is 0 Å². The van der Waals surface area contributed by atoms with Crippen molar-refractivity contribution in [1.82, 2.24) is 9.97 Å². The zero-order chi connectivity index (χ0) is 20.9. The second-order valence-corrected chi connectivity index (χ2v) is 8.75. The van der Waals surface area contributed by atoms with Crippen LogP contribution >= 0.6 is 23.1 Å². The van der Waals surface area contributed by atoms with Crippen molar-refractivity contribution in [2.24, 2.45) is 0 Å². The molecule has 4 aromatic rings. The summed E-state index contributed by atoms with van der Waals surface area (Å²) in [5.74, 6) is 0.830. The van der Waals surface area contributed by atoms with Gasteiger partial charge < -0.3 is 10.2 Å². The second kappa shape index (κ2) is 9.28. The monoisotopic (exact) mass is 434 g/mol. The summed E-state index contributed by atoms with van der Waals surface area (Å²) < 4.78 is 0. The molecule has 0 radical (unpaired) electrons. The van der Waals surface area contributed by atoms with E-state index in [-0.39, 0.29) is 5.91 Å². The van der Waals surface area contributed by atoms with Crippen LogP contribution in [-0.2, 0) is 4.79 Å². The third kappa shape index (κ3) is 4.63. The number of carbonyl (C=O) groups excluding carboxylic acids is 1. The van der Waals surface area contributed by atoms with E-state index in [1.165, 1.54) is 5.56 Å². The number of hydrogen-bond donors (Lipinski definition) is 1. The molecule has 2 aromatic carbocycles. The van der Waals surface area contributed by atoms with Gasteiger partial charge in [-0.25, -0.2) is 9.97 Å². The molecule has 0 unspecified atom stereocenters. The van der Waals surface area contributed by atoms with Crippen LogP contribution in [0.2, 0.25) is 0 Å². The highest BCUT2D eigenvalue weighted by atomic mass is 32.2. The zero-order valence-corrected chi connectivity index (χ0v) is 18.5. The summed E-state index contributed by atoms with van der Waals surface area (Å²) in [5.41, 5.74) is 1.99. The molecule has 152 valence electrons. The second-order valence-electron chi connectivity index (χ2n) is 6.84. The molecule has 30 heavy (non-hydrogen) atoms. The lowest BCUT2D eigenvalue weighted by atomic mass is 10.2. The summed E-state index contributed by atoms with van der Waals surface area (Å²) in [6, 6.07) is 20.3. The molecule has 7 heteroatoms. The highest BCUT2D eigenvalue weighted by Gasteiger charge is 2.14. The first kappa shape index (κ1) is 20.4. The predicted octanol–water partition coefficient (Wildman–Crippen LogP) is 5.55. The number of benzene rings is 2. The van der Waals surface area contributed by atoms with Crippen LogP contribution in [0.5, 0.6) is 0 Å². The topological polar surface area (TPSA) is 58.1 Å². The standard InChI is InChI=1S/C23H22N4OS2/c1-27(12-11-21(28)26-17-9-6-10-18(13-17)29-2)22-19-14-20(16-7-4-3-5-8-16)30-23(19)25-15-24-22/h3-10,13-15H,11-12H2,1-2H3,(H,26,28). The van der Waals surface area contributed by atoms with Crippen LogP contribution in [0.15, 0.2) is 71.9 Å². The van der Waals surface area contributed by atoms with Crippen LogP contribution in [0, 0.1) is 0 Å². The number of nitrogens with one attached hydrogen (secondary N) is 1. The number of fused-ring (bicyclic) bond motifs is 1. The molecule has 2 aromatic heterocycles. The van der Waals surface area contributed by atoms with Gasteiger partial charge in [0.05, 0.1) is 5.39 Å². The SMILES string of the molecule is CSc1cccc(NC(=O)CCN(C)c2ncnc3sc(-c4ccccc4)cc23)c1. The first-order chi connectivity index (χ1) is 14.6. The number of anilines is 2. The maximum absolute atomic E-state index is 12.4. The molecule has 0 spiro atoms. The maximum Gasteiger partial charge on any atom is 0.226 e. The van der Waals surface area contributed by atoms with Crippen LogP contribution in [0.4, 0.5) is 11.5 Å². The van der Waals surface area contributed by atoms with E-state index in [4.69, 9.17) is 0 Å². The third-order valence-electron chi connectivity index (χ3n) is 4.76. The fraction of sp³-hybridized carbons (Fsp3) is 0.174. The van der Waals surface area contributed by atoms with E-state index in [1.54, 1.807) is 29.4 Å². The number of rotatable bonds is 7. The Bertz CT molecular complexity index is 1160. The molecule has 5 nitrogen and oxygen atoms in total. The molecular formula is C23H22N4OS2. The van der Waals surface area contributed by atoms with Gasteiger partial charge in [0.2, 0.25) is 5.91 Å². The van der Waals surface area contributed by atoms with Gasteiger partial charge in [0.15, 0.2) is 0 Å². The zero-order valence-electron chi connectivity index (χ0n) is 16.8. The van der Waals surface area contributed by atoms with Gasteiger partial charge in [-0.15, -0.1) is 23.1 Å². The van der Waals surface area contributed by atoms with Crippen LogP contribution in [-0.4, -0.2) is 35.7 Å². The number of nitrogens with zero attached hydrogens (tertiary/aromatic N) is 3. The number of thiophene rings is 1. The minimum absolute atomic E-state index is 0.0132. The molecule has 0 aliphatic carbocycles. The molecule has 0 atom stereocenters. The highest BCUT2D eigenvalue weighted by Crippen LogP contribution is 2.35. The van der Waals surface area contributed by atoms with E-state index < -0.39 is 0 Å². The van der Waals surface area contributed by atoms with Gasteiger partial charge in [-0.3, -0.25) is 4.79 Å². The minimum atomic E-state index is -0.0132. The van der Waals surface area contributed by atoms with E-state index >= 15 is 0 Å². The molecule has 2 heterocycles. The van der Waals surface area contributed by atoms with Crippen molar-refractivity contribution in [3.05, 3.63) is 67.0 Å². The number of aromatic nitrogens is 2. The summed E-state index contributed by atoms with van der Waals surface area (Å²) in [5, 5.41) is 3.99. The molecule has 4 rings (SSSR count). The predicted molar refractivity (Wildman–Crippen MR) is 128 cm³/mol. The average Bonchev–Trinajstić information content (AvgIpc) is 3.22. The van der Waals surface area contributed by atoms with Crippen molar-refractivity contribution in [3.8, 4) is 10.4 Å². The number of carbonyl (C=O) groups is 1. The molecule has 1 amide bonds. The fourth-order valence-corrected chi connectivity index (χ4v) is 4.65. The van der Waals surface area contributed by atoms with Crippen molar-refractivity contribution in [1.29, 1.82) is 0 Å². The summed E-state index contributed by atoms with van der Waals surface area (Å²) in [6.45, 7) is 0.566. The molecule has 1 N–H and O–H groups in total. The Hall–Kier alpha value is -2.90. The lowest BCUT2D eigenvalue weighted by Gasteiger charge is -2.18. The van der Waals surface area contributed by atoms with E-state index in [0.717, 1.165) is 31.5 Å². The van der Waals surface area contributed by atoms with Gasteiger partial charge in [0.25, 0.3) is 0 Å². The Morgan fingerprint density at radius 1 is 1.10 bits per heavy atom. The summed E-state index contributed by atoms with van der Waals surface area (Å²) in [4.78, 5) is 26.6. The van der Waals surface area contributed by atoms with Crippen LogP contribution in [0.25, 0.3) is 20.7 Å². The van der Waals surface area contributed by atoms with Crippen molar-refractivity contribution in [3.63, 3.8) is 0 Å². The van der Waals surface area contributed by atoms with E-state index in [0.29, 0.717) is 13.0 Å². The van der Waals surface area contributed by atoms with Crippen LogP contribution < -0.4 is 10.2 Å². The van der Waals surface area contributed by atoms with E-state index in [9.17, 15) is 4.79 Å². The molecular weight excluding hydrogens is 412 g/mol. The van der Waals surface area contributed by atoms with Crippen molar-refractivity contribution in [2.45, 2.75) is 11.3 Å². The van der Waals surface area contributed by atoms with Crippen molar-refractivity contribution in [2.75, 3.05) is 30.1 Å². The fourth-order valence-electron chi connectivity index (χ4n) is 3.19.